The van der Waals surface area contributed by atoms with E-state index in [1.807, 2.05) is 74.5 Å². The van der Waals surface area contributed by atoms with Crippen molar-refractivity contribution in [1.82, 2.24) is 5.32 Å². The van der Waals surface area contributed by atoms with Gasteiger partial charge in [0.25, 0.3) is 0 Å². The first-order valence-electron chi connectivity index (χ1n) is 10.3. The van der Waals surface area contributed by atoms with Crippen molar-refractivity contribution in [2.75, 3.05) is 26.3 Å². The van der Waals surface area contributed by atoms with Crippen molar-refractivity contribution in [3.63, 3.8) is 0 Å². The molecular formula is C24H31NO4. The first kappa shape index (κ1) is 22.6. The van der Waals surface area contributed by atoms with E-state index in [-0.39, 0.29) is 23.8 Å². The van der Waals surface area contributed by atoms with Gasteiger partial charge in [0, 0.05) is 13.1 Å². The van der Waals surface area contributed by atoms with E-state index in [0.717, 1.165) is 11.1 Å². The highest BCUT2D eigenvalue weighted by molar-refractivity contribution is 5.74. The zero-order valence-electron chi connectivity index (χ0n) is 17.3. The molecule has 0 bridgehead atoms. The summed E-state index contributed by atoms with van der Waals surface area (Å²) in [7, 11) is 0. The molecule has 0 saturated carbocycles. The summed E-state index contributed by atoms with van der Waals surface area (Å²) in [5.41, 5.74) is 2.16. The van der Waals surface area contributed by atoms with Crippen LogP contribution in [-0.4, -0.2) is 38.2 Å². The lowest BCUT2D eigenvalue weighted by Crippen LogP contribution is -2.37. The van der Waals surface area contributed by atoms with Gasteiger partial charge in [-0.05, 0) is 37.8 Å². The van der Waals surface area contributed by atoms with E-state index >= 15 is 0 Å². The lowest BCUT2D eigenvalue weighted by Gasteiger charge is -2.20. The molecule has 2 aromatic carbocycles. The number of carbonyl (C=O) groups excluding carboxylic acids is 2. The number of hydrogen-bond acceptors (Lipinski definition) is 5. The van der Waals surface area contributed by atoms with Crippen molar-refractivity contribution >= 4 is 11.9 Å². The summed E-state index contributed by atoms with van der Waals surface area (Å²) in [6.45, 7) is 5.20. The Morgan fingerprint density at radius 3 is 1.45 bits per heavy atom. The van der Waals surface area contributed by atoms with Gasteiger partial charge in [-0.15, -0.1) is 0 Å². The van der Waals surface area contributed by atoms with Gasteiger partial charge >= 0.3 is 11.9 Å². The molecule has 0 aliphatic heterocycles. The van der Waals surface area contributed by atoms with E-state index in [4.69, 9.17) is 9.47 Å². The largest absolute Gasteiger partial charge is 0.466 e. The fraction of sp³-hybridized carbons (Fsp3) is 0.417. The third-order valence-electron chi connectivity index (χ3n) is 4.67. The standard InChI is InChI=1S/C24H31NO4/c1-3-28-23(26)21(15-19-11-7-5-8-12-19)17-25-18-22(24(27)29-4-2)16-20-13-9-6-10-14-20/h5-14,21-22,25H,3-4,15-18H2,1-2H3/t21-,22+. The van der Waals surface area contributed by atoms with Crippen LogP contribution in [-0.2, 0) is 31.9 Å². The van der Waals surface area contributed by atoms with Gasteiger partial charge in [-0.25, -0.2) is 0 Å². The molecule has 0 aliphatic carbocycles. The van der Waals surface area contributed by atoms with Gasteiger partial charge in [0.2, 0.25) is 0 Å². The number of ether oxygens (including phenoxy) is 2. The SMILES string of the molecule is CCOC(=O)[C@H](CNC[C@@H](Cc1ccccc1)C(=O)OCC)Cc1ccccc1. The monoisotopic (exact) mass is 397 g/mol. The Bertz CT molecular complexity index is 670. The summed E-state index contributed by atoms with van der Waals surface area (Å²) in [4.78, 5) is 24.8. The first-order valence-corrected chi connectivity index (χ1v) is 10.3. The van der Waals surface area contributed by atoms with E-state index < -0.39 is 0 Å². The highest BCUT2D eigenvalue weighted by Crippen LogP contribution is 2.13. The van der Waals surface area contributed by atoms with E-state index in [0.29, 0.717) is 39.1 Å². The molecule has 0 aliphatic rings. The van der Waals surface area contributed by atoms with Crippen LogP contribution in [0.3, 0.4) is 0 Å². The summed E-state index contributed by atoms with van der Waals surface area (Å²) in [6.07, 6.45) is 1.19. The predicted molar refractivity (Wildman–Crippen MR) is 113 cm³/mol. The number of esters is 2. The average Bonchev–Trinajstić information content (AvgIpc) is 2.74. The van der Waals surface area contributed by atoms with Gasteiger partial charge in [0.05, 0.1) is 25.0 Å². The molecular weight excluding hydrogens is 366 g/mol. The summed E-state index contributed by atoms with van der Waals surface area (Å²) < 4.78 is 10.5. The predicted octanol–water partition coefficient (Wildman–Crippen LogP) is 3.42. The van der Waals surface area contributed by atoms with Gasteiger partial charge in [0.15, 0.2) is 0 Å². The molecule has 0 radical (unpaired) electrons. The molecule has 2 aromatic rings. The summed E-state index contributed by atoms with van der Waals surface area (Å²) >= 11 is 0. The fourth-order valence-electron chi connectivity index (χ4n) is 3.23. The Kier molecular flexibility index (Phi) is 9.93. The van der Waals surface area contributed by atoms with E-state index in [1.165, 1.54) is 0 Å². The molecule has 156 valence electrons. The first-order chi connectivity index (χ1) is 14.1. The van der Waals surface area contributed by atoms with Crippen molar-refractivity contribution in [1.29, 1.82) is 0 Å². The lowest BCUT2D eigenvalue weighted by molar-refractivity contribution is -0.147. The molecule has 0 spiro atoms. The Labute approximate surface area is 173 Å². The normalized spacial score (nSPS) is 12.8. The van der Waals surface area contributed by atoms with Crippen LogP contribution in [0.15, 0.2) is 60.7 Å². The second kappa shape index (κ2) is 12.7. The zero-order chi connectivity index (χ0) is 20.9. The van der Waals surface area contributed by atoms with E-state index in [1.54, 1.807) is 0 Å². The molecule has 2 rings (SSSR count). The molecule has 29 heavy (non-hydrogen) atoms. The summed E-state index contributed by atoms with van der Waals surface area (Å²) in [6, 6.07) is 19.8. The Morgan fingerprint density at radius 1 is 0.724 bits per heavy atom. The van der Waals surface area contributed by atoms with Crippen LogP contribution in [0.25, 0.3) is 0 Å². The van der Waals surface area contributed by atoms with Crippen LogP contribution in [0.1, 0.15) is 25.0 Å². The third-order valence-corrected chi connectivity index (χ3v) is 4.67. The number of hydrogen-bond donors (Lipinski definition) is 1. The van der Waals surface area contributed by atoms with Crippen LogP contribution in [0.4, 0.5) is 0 Å². The van der Waals surface area contributed by atoms with E-state index in [9.17, 15) is 9.59 Å². The van der Waals surface area contributed by atoms with Crippen LogP contribution < -0.4 is 5.32 Å². The average molecular weight is 398 g/mol. The molecule has 0 heterocycles. The van der Waals surface area contributed by atoms with Crippen LogP contribution in [0, 0.1) is 11.8 Å². The number of rotatable bonds is 12. The molecule has 0 unspecified atom stereocenters. The van der Waals surface area contributed by atoms with Crippen LogP contribution >= 0.6 is 0 Å². The number of nitrogens with one attached hydrogen (secondary N) is 1. The molecule has 5 heteroatoms. The molecule has 0 amide bonds. The molecule has 2 atom stereocenters. The second-order valence-electron chi connectivity index (χ2n) is 6.94. The lowest BCUT2D eigenvalue weighted by atomic mass is 9.97. The van der Waals surface area contributed by atoms with Crippen LogP contribution in [0.2, 0.25) is 0 Å². The summed E-state index contributed by atoms with van der Waals surface area (Å²) in [5, 5.41) is 3.30. The van der Waals surface area contributed by atoms with Crippen molar-refractivity contribution in [3.8, 4) is 0 Å². The number of carbonyl (C=O) groups is 2. The fourth-order valence-corrected chi connectivity index (χ4v) is 3.23. The Balaban J connectivity index is 1.98. The van der Waals surface area contributed by atoms with Gasteiger partial charge in [-0.2, -0.15) is 0 Å². The topological polar surface area (TPSA) is 64.6 Å². The van der Waals surface area contributed by atoms with Crippen molar-refractivity contribution in [2.24, 2.45) is 11.8 Å². The Morgan fingerprint density at radius 2 is 1.10 bits per heavy atom. The quantitative estimate of drug-likeness (QED) is 0.556. The van der Waals surface area contributed by atoms with E-state index in [2.05, 4.69) is 5.32 Å². The molecule has 0 fully saturated rings. The highest BCUT2D eigenvalue weighted by Gasteiger charge is 2.23. The third kappa shape index (κ3) is 8.08. The van der Waals surface area contributed by atoms with Crippen molar-refractivity contribution in [3.05, 3.63) is 71.8 Å². The minimum atomic E-state index is -0.308. The molecule has 1 N–H and O–H groups in total. The second-order valence-corrected chi connectivity index (χ2v) is 6.94. The minimum Gasteiger partial charge on any atom is -0.466 e. The number of benzene rings is 2. The minimum absolute atomic E-state index is 0.223. The maximum atomic E-state index is 12.4. The van der Waals surface area contributed by atoms with Gasteiger partial charge < -0.3 is 14.8 Å². The maximum Gasteiger partial charge on any atom is 0.310 e. The highest BCUT2D eigenvalue weighted by atomic mass is 16.5. The maximum absolute atomic E-state index is 12.4. The van der Waals surface area contributed by atoms with Gasteiger partial charge in [-0.3, -0.25) is 9.59 Å². The zero-order valence-corrected chi connectivity index (χ0v) is 17.3. The van der Waals surface area contributed by atoms with Crippen LogP contribution in [0.5, 0.6) is 0 Å². The summed E-state index contributed by atoms with van der Waals surface area (Å²) in [5.74, 6) is -1.06. The molecule has 0 saturated heterocycles. The van der Waals surface area contributed by atoms with Crippen molar-refractivity contribution in [2.45, 2.75) is 26.7 Å². The smallest absolute Gasteiger partial charge is 0.310 e. The van der Waals surface area contributed by atoms with Gasteiger partial charge in [-0.1, -0.05) is 60.7 Å². The van der Waals surface area contributed by atoms with Gasteiger partial charge in [0.1, 0.15) is 0 Å². The molecule has 0 aromatic heterocycles. The van der Waals surface area contributed by atoms with Crippen molar-refractivity contribution < 1.29 is 19.1 Å². The molecule has 5 nitrogen and oxygen atoms in total. The Hall–Kier alpha value is -2.66.